The topological polar surface area (TPSA) is 224 Å². The second-order valence-corrected chi connectivity index (χ2v) is 19.3. The highest BCUT2D eigenvalue weighted by Gasteiger charge is 2.36. The maximum absolute atomic E-state index is 13.2. The molecular formula is C40H23Cl5F6N8O6S2. The van der Waals surface area contributed by atoms with Crippen LogP contribution < -0.4 is 10.5 Å². The monoisotopic (exact) mass is 1060 g/mol. The quantitative estimate of drug-likeness (QED) is 0.0636. The van der Waals surface area contributed by atoms with Crippen LogP contribution in [-0.4, -0.2) is 58.3 Å². The number of anilines is 2. The molecule has 6 heterocycles. The molecule has 0 fully saturated rings. The van der Waals surface area contributed by atoms with Crippen molar-refractivity contribution in [2.75, 3.05) is 10.5 Å². The van der Waals surface area contributed by atoms with Crippen LogP contribution in [-0.2, 0) is 31.4 Å². The third-order valence-corrected chi connectivity index (χ3v) is 12.7. The number of H-pyrrole nitrogens is 2. The molecule has 2 aromatic carbocycles. The highest BCUT2D eigenvalue weighted by molar-refractivity contribution is 8.13. The van der Waals surface area contributed by atoms with Crippen molar-refractivity contribution < 1.29 is 52.8 Å². The van der Waals surface area contributed by atoms with Crippen LogP contribution >= 0.6 is 57.1 Å². The van der Waals surface area contributed by atoms with Crippen LogP contribution in [0.15, 0.2) is 120 Å². The summed E-state index contributed by atoms with van der Waals surface area (Å²) in [5.41, 5.74) is 4.85. The zero-order chi connectivity index (χ0) is 49.2. The Morgan fingerprint density at radius 2 is 1.04 bits per heavy atom. The Hall–Kier alpha value is -6.01. The number of hydrogen-bond donors (Lipinski definition) is 4. The summed E-state index contributed by atoms with van der Waals surface area (Å²) in [5, 5.41) is 0.374. The van der Waals surface area contributed by atoms with Crippen LogP contribution in [0, 0.1) is 0 Å². The number of halogens is 11. The first kappa shape index (κ1) is 50.4. The number of nitrogen functional groups attached to an aromatic ring is 1. The van der Waals surface area contributed by atoms with Gasteiger partial charge in [-0.25, -0.2) is 36.8 Å². The minimum Gasteiger partial charge on any atom is -0.397 e. The van der Waals surface area contributed by atoms with Crippen molar-refractivity contribution in [2.24, 2.45) is 0 Å². The fourth-order valence-corrected chi connectivity index (χ4v) is 8.52. The molecule has 8 rings (SSSR count). The summed E-state index contributed by atoms with van der Waals surface area (Å²) in [5.74, 6) is -0.898. The highest BCUT2D eigenvalue weighted by Crippen LogP contribution is 2.38. The summed E-state index contributed by atoms with van der Waals surface area (Å²) >= 11 is 22.6. The number of nitrogens with two attached hydrogens (primary N) is 1. The summed E-state index contributed by atoms with van der Waals surface area (Å²) in [6.45, 7) is 0. The SMILES string of the molecule is Nc1cc(Cl)cnc1C(=O)c1ccnc2[nH]ccc12.O=C(c1ncc(Cl)cc1NS(=O)(=O)c1ccc(Cl)c(C(F)(F)F)c1)c1ccnc2[nH]ccc12.O=S(=O)(Cl)c1ccc(Cl)c(C(F)(F)F)c1. The molecule has 14 nitrogen and oxygen atoms in total. The predicted molar refractivity (Wildman–Crippen MR) is 239 cm³/mol. The number of nitrogens with one attached hydrogen (secondary N) is 3. The molecule has 0 atom stereocenters. The van der Waals surface area contributed by atoms with Gasteiger partial charge in [0.1, 0.15) is 22.7 Å². The number of pyridine rings is 4. The van der Waals surface area contributed by atoms with Gasteiger partial charge in [0.2, 0.25) is 11.6 Å². The van der Waals surface area contributed by atoms with Crippen molar-refractivity contribution in [3.05, 3.63) is 164 Å². The molecule has 67 heavy (non-hydrogen) atoms. The third kappa shape index (κ3) is 11.8. The molecular weight excluding hydrogens is 1040 g/mol. The van der Waals surface area contributed by atoms with Crippen LogP contribution in [0.5, 0.6) is 0 Å². The van der Waals surface area contributed by atoms with Gasteiger partial charge in [0.25, 0.3) is 19.1 Å². The number of rotatable bonds is 8. The van der Waals surface area contributed by atoms with E-state index in [1.807, 2.05) is 0 Å². The van der Waals surface area contributed by atoms with Crippen LogP contribution in [0.25, 0.3) is 22.1 Å². The lowest BCUT2D eigenvalue weighted by Crippen LogP contribution is -2.18. The molecule has 0 saturated carbocycles. The van der Waals surface area contributed by atoms with E-state index in [2.05, 4.69) is 34.6 Å². The molecule has 0 amide bonds. The van der Waals surface area contributed by atoms with E-state index in [-0.39, 0.29) is 39.1 Å². The summed E-state index contributed by atoms with van der Waals surface area (Å²) < 4.78 is 126. The summed E-state index contributed by atoms with van der Waals surface area (Å²) in [4.78, 5) is 46.3. The van der Waals surface area contributed by atoms with E-state index in [9.17, 15) is 52.8 Å². The molecule has 0 aliphatic heterocycles. The number of aromatic nitrogens is 6. The van der Waals surface area contributed by atoms with Gasteiger partial charge < -0.3 is 15.7 Å². The molecule has 0 spiro atoms. The van der Waals surface area contributed by atoms with E-state index in [1.165, 1.54) is 24.5 Å². The van der Waals surface area contributed by atoms with Gasteiger partial charge in [0, 0.05) is 69.8 Å². The van der Waals surface area contributed by atoms with E-state index < -0.39 is 68.2 Å². The van der Waals surface area contributed by atoms with Gasteiger partial charge in [-0.05, 0) is 72.8 Å². The Morgan fingerprint density at radius 3 is 1.52 bits per heavy atom. The van der Waals surface area contributed by atoms with E-state index in [4.69, 9.17) is 62.8 Å². The molecule has 0 aliphatic rings. The Bertz CT molecular complexity index is 3450. The summed E-state index contributed by atoms with van der Waals surface area (Å²) in [6, 6.07) is 13.4. The lowest BCUT2D eigenvalue weighted by Gasteiger charge is -2.14. The van der Waals surface area contributed by atoms with Crippen molar-refractivity contribution in [2.45, 2.75) is 22.1 Å². The van der Waals surface area contributed by atoms with Crippen molar-refractivity contribution in [3.63, 3.8) is 0 Å². The van der Waals surface area contributed by atoms with Crippen molar-refractivity contribution in [3.8, 4) is 0 Å². The van der Waals surface area contributed by atoms with Gasteiger partial charge in [-0.1, -0.05) is 46.4 Å². The van der Waals surface area contributed by atoms with Crippen molar-refractivity contribution in [1.82, 2.24) is 29.9 Å². The summed E-state index contributed by atoms with van der Waals surface area (Å²) in [7, 11) is -3.87. The predicted octanol–water partition coefficient (Wildman–Crippen LogP) is 11.0. The van der Waals surface area contributed by atoms with Gasteiger partial charge in [-0.15, -0.1) is 0 Å². The Kier molecular flexibility index (Phi) is 14.8. The number of ketones is 2. The van der Waals surface area contributed by atoms with Gasteiger partial charge >= 0.3 is 12.4 Å². The first-order valence-electron chi connectivity index (χ1n) is 18.0. The number of nitrogens with zero attached hydrogens (tertiary/aromatic N) is 4. The molecule has 348 valence electrons. The number of carbonyl (C=O) groups excluding carboxylic acids is 2. The Morgan fingerprint density at radius 1 is 0.597 bits per heavy atom. The number of fused-ring (bicyclic) bond motifs is 2. The van der Waals surface area contributed by atoms with Gasteiger partial charge in [0.15, 0.2) is 0 Å². The van der Waals surface area contributed by atoms with Crippen molar-refractivity contribution in [1.29, 1.82) is 0 Å². The first-order chi connectivity index (χ1) is 31.3. The Balaban J connectivity index is 0.000000184. The third-order valence-electron chi connectivity index (χ3n) is 8.90. The minimum atomic E-state index is -4.87. The second kappa shape index (κ2) is 19.7. The summed E-state index contributed by atoms with van der Waals surface area (Å²) in [6.07, 6.45) is -0.776. The van der Waals surface area contributed by atoms with Gasteiger partial charge in [-0.3, -0.25) is 14.3 Å². The average molecular weight is 1070 g/mol. The number of sulfonamides is 1. The molecule has 5 N–H and O–H groups in total. The lowest BCUT2D eigenvalue weighted by molar-refractivity contribution is -0.138. The maximum Gasteiger partial charge on any atom is 0.417 e. The van der Waals surface area contributed by atoms with Crippen molar-refractivity contribution >= 4 is 121 Å². The Labute approximate surface area is 397 Å². The molecule has 0 saturated heterocycles. The lowest BCUT2D eigenvalue weighted by atomic mass is 10.0. The standard InChI is InChI=1S/C20H11Cl2F3N4O3S.C13H9ClN4O.C7H3Cl2F3O2S/c21-10-7-16(29-33(31,32)11-1-2-15(22)14(8-11)20(23,24)25)17(28-9-10)18(30)12-3-5-26-19-13(12)4-6-27-19;14-7-5-10(15)11(18-6-7)12(19)8-1-3-16-13-9(8)2-4-17-13;8-6-2-1-4(15(9,13)14)3-5(6)7(10,11)12/h1-9,29H,(H,26,27);1-6H,15H2,(H,16,17);1-3H. The maximum atomic E-state index is 13.2. The number of hydrogen-bond acceptors (Lipinski definition) is 11. The van der Waals surface area contributed by atoms with Crippen LogP contribution in [0.3, 0.4) is 0 Å². The zero-order valence-corrected chi connectivity index (χ0v) is 38.1. The van der Waals surface area contributed by atoms with Gasteiger partial charge in [0.05, 0.1) is 52.4 Å². The largest absolute Gasteiger partial charge is 0.417 e. The van der Waals surface area contributed by atoms with Crippen LogP contribution in [0.2, 0.25) is 20.1 Å². The number of alkyl halides is 6. The molecule has 0 unspecified atom stereocenters. The molecule has 27 heteroatoms. The fourth-order valence-electron chi connectivity index (χ4n) is 5.88. The fraction of sp³-hybridized carbons (Fsp3) is 0.0500. The van der Waals surface area contributed by atoms with E-state index in [1.54, 1.807) is 36.8 Å². The van der Waals surface area contributed by atoms with Crippen LogP contribution in [0.1, 0.15) is 43.2 Å². The average Bonchev–Trinajstić information content (AvgIpc) is 3.93. The smallest absolute Gasteiger partial charge is 0.397 e. The van der Waals surface area contributed by atoms with Gasteiger partial charge in [-0.2, -0.15) is 26.3 Å². The van der Waals surface area contributed by atoms with E-state index in [0.717, 1.165) is 41.9 Å². The normalized spacial score (nSPS) is 11.9. The molecule has 0 bridgehead atoms. The van der Waals surface area contributed by atoms with Crippen LogP contribution in [0.4, 0.5) is 37.7 Å². The van der Waals surface area contributed by atoms with E-state index >= 15 is 0 Å². The molecule has 8 aromatic rings. The highest BCUT2D eigenvalue weighted by atomic mass is 35.7. The molecule has 0 radical (unpaired) electrons. The number of benzene rings is 2. The minimum absolute atomic E-state index is 0.00198. The first-order valence-corrected chi connectivity index (χ1v) is 23.3. The molecule has 0 aliphatic carbocycles. The second-order valence-electron chi connectivity index (χ2n) is 13.3. The zero-order valence-electron chi connectivity index (χ0n) is 32.7. The number of carbonyl (C=O) groups is 2. The van der Waals surface area contributed by atoms with E-state index in [0.29, 0.717) is 39.4 Å². The number of aromatic amines is 2. The molecule has 6 aromatic heterocycles.